The number of nitrogens with one attached hydrogen (secondary N) is 1. The van der Waals surface area contributed by atoms with Crippen molar-refractivity contribution in [1.29, 1.82) is 0 Å². The van der Waals surface area contributed by atoms with Gasteiger partial charge in [-0.05, 0) is 35.4 Å². The zero-order valence-electron chi connectivity index (χ0n) is 10.6. The summed E-state index contributed by atoms with van der Waals surface area (Å²) in [6.45, 7) is -1.69. The van der Waals surface area contributed by atoms with Crippen LogP contribution in [-0.4, -0.2) is 22.8 Å². The monoisotopic (exact) mass is 402 g/mol. The third kappa shape index (κ3) is 4.18. The zero-order valence-corrected chi connectivity index (χ0v) is 12.8. The fraction of sp³-hybridized carbons (Fsp3) is 0.667. The molecule has 20 heavy (non-hydrogen) atoms. The van der Waals surface area contributed by atoms with Crippen LogP contribution in [0.15, 0.2) is 4.79 Å². The van der Waals surface area contributed by atoms with Gasteiger partial charge in [-0.3, -0.25) is 4.79 Å². The molecule has 1 aromatic heterocycles. The number of nitrogens with zero attached hydrogens (tertiary/aromatic N) is 1. The van der Waals surface area contributed by atoms with E-state index < -0.39 is 12.8 Å². The van der Waals surface area contributed by atoms with E-state index in [-0.39, 0.29) is 23.9 Å². The van der Waals surface area contributed by atoms with Gasteiger partial charge in [0.25, 0.3) is 5.56 Å². The highest BCUT2D eigenvalue weighted by atomic mass is 127. The summed E-state index contributed by atoms with van der Waals surface area (Å²) in [7, 11) is 0. The summed E-state index contributed by atoms with van der Waals surface area (Å²) in [4.78, 5) is 18.5. The van der Waals surface area contributed by atoms with Crippen LogP contribution in [0.1, 0.15) is 43.1 Å². The van der Waals surface area contributed by atoms with Crippen molar-refractivity contribution in [1.82, 2.24) is 9.97 Å². The van der Waals surface area contributed by atoms with E-state index in [0.29, 0.717) is 9.26 Å². The first-order valence-corrected chi connectivity index (χ1v) is 7.38. The third-order valence-electron chi connectivity index (χ3n) is 3.18. The van der Waals surface area contributed by atoms with E-state index in [9.17, 15) is 18.0 Å². The van der Waals surface area contributed by atoms with Crippen LogP contribution >= 0.6 is 22.6 Å². The maximum absolute atomic E-state index is 12.0. The Balaban J connectivity index is 2.12. The Morgan fingerprint density at radius 3 is 2.60 bits per heavy atom. The molecule has 2 rings (SSSR count). The maximum Gasteiger partial charge on any atom is 0.411 e. The molecular formula is C12H14F3IN2O2. The van der Waals surface area contributed by atoms with Crippen molar-refractivity contribution >= 4 is 22.6 Å². The number of alkyl halides is 3. The first kappa shape index (κ1) is 15.7. The van der Waals surface area contributed by atoms with Crippen LogP contribution < -0.4 is 5.56 Å². The van der Waals surface area contributed by atoms with E-state index in [4.69, 9.17) is 0 Å². The molecule has 0 amide bonds. The molecule has 0 aliphatic heterocycles. The summed E-state index contributed by atoms with van der Waals surface area (Å²) in [5.74, 6) is 0.382. The van der Waals surface area contributed by atoms with Crippen molar-refractivity contribution in [2.45, 2.75) is 44.4 Å². The fourth-order valence-corrected chi connectivity index (χ4v) is 3.02. The van der Waals surface area contributed by atoms with Crippen LogP contribution in [0.5, 0.6) is 0 Å². The maximum atomic E-state index is 12.0. The van der Waals surface area contributed by atoms with Gasteiger partial charge in [0.1, 0.15) is 19.0 Å². The lowest BCUT2D eigenvalue weighted by molar-refractivity contribution is -0.177. The molecule has 0 unspecified atom stereocenters. The summed E-state index contributed by atoms with van der Waals surface area (Å²) >= 11 is 1.93. The van der Waals surface area contributed by atoms with Gasteiger partial charge < -0.3 is 9.72 Å². The molecule has 1 N–H and O–H groups in total. The van der Waals surface area contributed by atoms with Crippen molar-refractivity contribution in [3.8, 4) is 0 Å². The number of aromatic nitrogens is 2. The molecule has 1 fully saturated rings. The van der Waals surface area contributed by atoms with Crippen LogP contribution in [0.2, 0.25) is 0 Å². The van der Waals surface area contributed by atoms with E-state index in [0.717, 1.165) is 25.7 Å². The quantitative estimate of drug-likeness (QED) is 0.788. The SMILES string of the molecule is O=c1[nH]c(COCC(F)(F)F)nc(C2CCCC2)c1I. The standard InChI is InChI=1S/C12H14F3IN2O2/c13-12(14,15)6-20-5-8-17-10(7-3-1-2-4-7)9(16)11(19)18-8/h7H,1-6H2,(H,17,18,19). The largest absolute Gasteiger partial charge is 0.411 e. The normalized spacial score (nSPS) is 16.8. The second-order valence-corrected chi connectivity index (χ2v) is 5.88. The molecular weight excluding hydrogens is 388 g/mol. The van der Waals surface area contributed by atoms with Gasteiger partial charge in [-0.2, -0.15) is 13.2 Å². The van der Waals surface area contributed by atoms with E-state index in [1.54, 1.807) is 0 Å². The number of ether oxygens (including phenoxy) is 1. The average Bonchev–Trinajstić information content (AvgIpc) is 2.85. The number of hydrogen-bond donors (Lipinski definition) is 1. The molecule has 0 aromatic carbocycles. The van der Waals surface area contributed by atoms with E-state index >= 15 is 0 Å². The number of rotatable bonds is 4. The molecule has 1 aliphatic carbocycles. The van der Waals surface area contributed by atoms with Crippen molar-refractivity contribution in [3.63, 3.8) is 0 Å². The molecule has 0 saturated heterocycles. The first-order chi connectivity index (χ1) is 9.37. The highest BCUT2D eigenvalue weighted by Crippen LogP contribution is 2.34. The molecule has 0 bridgehead atoms. The first-order valence-electron chi connectivity index (χ1n) is 6.30. The Hall–Kier alpha value is -0.640. The Morgan fingerprint density at radius 2 is 2.00 bits per heavy atom. The van der Waals surface area contributed by atoms with Gasteiger partial charge in [0.05, 0.1) is 9.26 Å². The molecule has 1 aliphatic rings. The van der Waals surface area contributed by atoms with E-state index in [1.807, 2.05) is 22.6 Å². The zero-order chi connectivity index (χ0) is 14.8. The highest BCUT2D eigenvalue weighted by Gasteiger charge is 2.28. The van der Waals surface area contributed by atoms with Gasteiger partial charge in [-0.25, -0.2) is 4.98 Å². The number of aromatic amines is 1. The highest BCUT2D eigenvalue weighted by molar-refractivity contribution is 14.1. The van der Waals surface area contributed by atoms with Gasteiger partial charge >= 0.3 is 6.18 Å². The van der Waals surface area contributed by atoms with Gasteiger partial charge in [-0.15, -0.1) is 0 Å². The molecule has 1 aromatic rings. The van der Waals surface area contributed by atoms with Gasteiger partial charge in [0, 0.05) is 5.92 Å². The number of hydrogen-bond acceptors (Lipinski definition) is 3. The van der Waals surface area contributed by atoms with Crippen LogP contribution in [0, 0.1) is 3.57 Å². The molecule has 112 valence electrons. The molecule has 1 saturated carbocycles. The smallest absolute Gasteiger partial charge is 0.364 e. The topological polar surface area (TPSA) is 55.0 Å². The third-order valence-corrected chi connectivity index (χ3v) is 4.23. The van der Waals surface area contributed by atoms with Crippen LogP contribution in [0.4, 0.5) is 13.2 Å². The lowest BCUT2D eigenvalue weighted by Gasteiger charge is -2.12. The van der Waals surface area contributed by atoms with Gasteiger partial charge in [-0.1, -0.05) is 12.8 Å². The molecule has 1 heterocycles. The second-order valence-electron chi connectivity index (χ2n) is 4.80. The molecule has 0 atom stereocenters. The molecule has 4 nitrogen and oxygen atoms in total. The second kappa shape index (κ2) is 6.42. The lowest BCUT2D eigenvalue weighted by Crippen LogP contribution is -2.22. The van der Waals surface area contributed by atoms with Crippen molar-refractivity contribution in [2.24, 2.45) is 0 Å². The Morgan fingerprint density at radius 1 is 1.35 bits per heavy atom. The lowest BCUT2D eigenvalue weighted by atomic mass is 10.0. The Bertz CT molecular complexity index is 524. The predicted octanol–water partition coefficient (Wildman–Crippen LogP) is 3.11. The number of halogens is 4. The summed E-state index contributed by atoms with van der Waals surface area (Å²) < 4.78 is 41.1. The Labute approximate surface area is 127 Å². The summed E-state index contributed by atoms with van der Waals surface area (Å²) in [5, 5.41) is 0. The van der Waals surface area contributed by atoms with Crippen LogP contribution in [0.25, 0.3) is 0 Å². The van der Waals surface area contributed by atoms with E-state index in [2.05, 4.69) is 14.7 Å². The summed E-state index contributed by atoms with van der Waals surface area (Å²) in [6.07, 6.45) is -0.257. The average molecular weight is 402 g/mol. The van der Waals surface area contributed by atoms with Gasteiger partial charge in [0.15, 0.2) is 0 Å². The van der Waals surface area contributed by atoms with Crippen LogP contribution in [-0.2, 0) is 11.3 Å². The van der Waals surface area contributed by atoms with Crippen molar-refractivity contribution in [2.75, 3.05) is 6.61 Å². The fourth-order valence-electron chi connectivity index (χ4n) is 2.33. The van der Waals surface area contributed by atoms with Crippen molar-refractivity contribution < 1.29 is 17.9 Å². The van der Waals surface area contributed by atoms with Gasteiger partial charge in [0.2, 0.25) is 0 Å². The van der Waals surface area contributed by atoms with Crippen LogP contribution in [0.3, 0.4) is 0 Å². The van der Waals surface area contributed by atoms with E-state index in [1.165, 1.54) is 0 Å². The molecule has 8 heteroatoms. The minimum atomic E-state index is -4.38. The predicted molar refractivity (Wildman–Crippen MR) is 74.5 cm³/mol. The minimum Gasteiger partial charge on any atom is -0.364 e. The van der Waals surface area contributed by atoms with Crippen molar-refractivity contribution in [3.05, 3.63) is 25.4 Å². The molecule has 0 spiro atoms. The minimum absolute atomic E-state index is 0.154. The Kier molecular flexibility index (Phi) is 5.05. The summed E-state index contributed by atoms with van der Waals surface area (Å²) in [5.41, 5.74) is 0.380. The molecule has 0 radical (unpaired) electrons. The summed E-state index contributed by atoms with van der Waals surface area (Å²) in [6, 6.07) is 0. The number of H-pyrrole nitrogens is 1.